The summed E-state index contributed by atoms with van der Waals surface area (Å²) < 4.78 is 5.22. The Morgan fingerprint density at radius 2 is 2.15 bits per heavy atom. The van der Waals surface area contributed by atoms with Crippen molar-refractivity contribution in [1.29, 1.82) is 0 Å². The third kappa shape index (κ3) is 4.48. The van der Waals surface area contributed by atoms with Crippen LogP contribution in [0.3, 0.4) is 0 Å². The van der Waals surface area contributed by atoms with E-state index < -0.39 is 0 Å². The smallest absolute Gasteiger partial charge is 0.221 e. The predicted octanol–water partition coefficient (Wildman–Crippen LogP) is 1.16. The molecule has 0 spiro atoms. The number of ether oxygens (including phenoxy) is 1. The Morgan fingerprint density at radius 1 is 1.46 bits per heavy atom. The van der Waals surface area contributed by atoms with Crippen LogP contribution in [0.2, 0.25) is 0 Å². The fourth-order valence-corrected chi connectivity index (χ4v) is 1.55. The first kappa shape index (κ1) is 10.8. The molecule has 0 saturated carbocycles. The minimum atomic E-state index is 0.0569. The van der Waals surface area contributed by atoms with E-state index in [-0.39, 0.29) is 5.91 Å². The van der Waals surface area contributed by atoms with Crippen LogP contribution in [0.1, 0.15) is 19.3 Å². The summed E-state index contributed by atoms with van der Waals surface area (Å²) in [7, 11) is 0. The molecule has 0 aromatic rings. The van der Waals surface area contributed by atoms with Crippen LogP contribution in [0.15, 0.2) is 0 Å². The van der Waals surface area contributed by atoms with Crippen LogP contribution in [0.5, 0.6) is 0 Å². The van der Waals surface area contributed by atoms with Gasteiger partial charge in [-0.05, 0) is 18.8 Å². The summed E-state index contributed by atoms with van der Waals surface area (Å²) in [5.74, 6) is 1.05. The van der Waals surface area contributed by atoms with Gasteiger partial charge in [0.2, 0.25) is 5.91 Å². The van der Waals surface area contributed by atoms with Crippen LogP contribution in [0.25, 0.3) is 0 Å². The van der Waals surface area contributed by atoms with E-state index in [1.807, 2.05) is 0 Å². The predicted molar refractivity (Wildman–Crippen MR) is 51.9 cm³/mol. The molecule has 0 unspecified atom stereocenters. The molecule has 1 N–H and O–H groups in total. The number of carbonyl (C=O) groups excluding carboxylic acids is 1. The van der Waals surface area contributed by atoms with Crippen molar-refractivity contribution in [3.8, 4) is 0 Å². The van der Waals surface area contributed by atoms with Crippen molar-refractivity contribution in [3.63, 3.8) is 0 Å². The monoisotopic (exact) mass is 205 g/mol. The summed E-state index contributed by atoms with van der Waals surface area (Å²) in [5, 5.41) is 2.87. The molecular weight excluding hydrogens is 190 g/mol. The Bertz CT molecular complexity index is 158. The van der Waals surface area contributed by atoms with E-state index in [9.17, 15) is 4.79 Å². The molecule has 1 amide bonds. The number of hydrogen-bond donors (Lipinski definition) is 1. The normalized spacial score (nSPS) is 18.5. The molecule has 4 heteroatoms. The second kappa shape index (κ2) is 6.22. The number of hydrogen-bond acceptors (Lipinski definition) is 2. The van der Waals surface area contributed by atoms with Gasteiger partial charge in [-0.25, -0.2) is 0 Å². The van der Waals surface area contributed by atoms with Crippen molar-refractivity contribution >= 4 is 17.5 Å². The quantitative estimate of drug-likeness (QED) is 0.700. The van der Waals surface area contributed by atoms with Crippen LogP contribution < -0.4 is 5.32 Å². The van der Waals surface area contributed by atoms with E-state index >= 15 is 0 Å². The zero-order valence-electron chi connectivity index (χ0n) is 7.72. The average molecular weight is 206 g/mol. The second-order valence-corrected chi connectivity index (χ2v) is 3.68. The number of halogens is 1. The molecule has 76 valence electrons. The molecule has 13 heavy (non-hydrogen) atoms. The van der Waals surface area contributed by atoms with Gasteiger partial charge in [-0.1, -0.05) is 0 Å². The molecule has 0 aromatic heterocycles. The molecule has 3 nitrogen and oxygen atoms in total. The van der Waals surface area contributed by atoms with Gasteiger partial charge in [-0.2, -0.15) is 0 Å². The lowest BCUT2D eigenvalue weighted by Gasteiger charge is -2.21. The Labute approximate surface area is 83.8 Å². The third-order valence-corrected chi connectivity index (χ3v) is 2.44. The summed E-state index contributed by atoms with van der Waals surface area (Å²) in [6.07, 6.45) is 2.53. The topological polar surface area (TPSA) is 38.3 Å². The summed E-state index contributed by atoms with van der Waals surface area (Å²) in [5.41, 5.74) is 0. The standard InChI is InChI=1S/C9H16ClNO2/c10-4-1-9(12)11-7-8-2-5-13-6-3-8/h8H,1-7H2,(H,11,12). The minimum absolute atomic E-state index is 0.0569. The first-order chi connectivity index (χ1) is 6.33. The molecule has 1 heterocycles. The average Bonchev–Trinajstić information content (AvgIpc) is 2.17. The molecule has 1 aliphatic heterocycles. The van der Waals surface area contributed by atoms with Crippen molar-refractivity contribution in [2.45, 2.75) is 19.3 Å². The van der Waals surface area contributed by atoms with Gasteiger partial charge in [0.05, 0.1) is 0 Å². The molecule has 0 aromatic carbocycles. The van der Waals surface area contributed by atoms with E-state index in [0.29, 0.717) is 18.2 Å². The molecule has 1 aliphatic rings. The van der Waals surface area contributed by atoms with Crippen molar-refractivity contribution < 1.29 is 9.53 Å². The fourth-order valence-electron chi connectivity index (χ4n) is 1.38. The first-order valence-corrected chi connectivity index (χ1v) is 5.27. The van der Waals surface area contributed by atoms with Crippen molar-refractivity contribution in [2.75, 3.05) is 25.6 Å². The van der Waals surface area contributed by atoms with Crippen LogP contribution >= 0.6 is 11.6 Å². The second-order valence-electron chi connectivity index (χ2n) is 3.30. The molecular formula is C9H16ClNO2. The summed E-state index contributed by atoms with van der Waals surface area (Å²) >= 11 is 5.44. The maximum atomic E-state index is 11.1. The van der Waals surface area contributed by atoms with Crippen LogP contribution in [-0.2, 0) is 9.53 Å². The van der Waals surface area contributed by atoms with Gasteiger partial charge < -0.3 is 10.1 Å². The Hall–Kier alpha value is -0.280. The zero-order valence-corrected chi connectivity index (χ0v) is 8.48. The van der Waals surface area contributed by atoms with Gasteiger partial charge in [-0.15, -0.1) is 11.6 Å². The number of carbonyl (C=O) groups is 1. The highest BCUT2D eigenvalue weighted by molar-refractivity contribution is 6.18. The van der Waals surface area contributed by atoms with Gasteiger partial charge >= 0.3 is 0 Å². The molecule has 1 saturated heterocycles. The number of nitrogens with one attached hydrogen (secondary N) is 1. The van der Waals surface area contributed by atoms with Gasteiger partial charge in [0.15, 0.2) is 0 Å². The molecule has 0 radical (unpaired) electrons. The lowest BCUT2D eigenvalue weighted by Crippen LogP contribution is -2.32. The van der Waals surface area contributed by atoms with Gasteiger partial charge in [-0.3, -0.25) is 4.79 Å². The van der Waals surface area contributed by atoms with Gasteiger partial charge in [0, 0.05) is 32.1 Å². The van der Waals surface area contributed by atoms with Crippen LogP contribution in [0, 0.1) is 5.92 Å². The summed E-state index contributed by atoms with van der Waals surface area (Å²) in [6.45, 7) is 2.44. The first-order valence-electron chi connectivity index (χ1n) is 4.73. The maximum Gasteiger partial charge on any atom is 0.221 e. The van der Waals surface area contributed by atoms with E-state index in [0.717, 1.165) is 32.6 Å². The summed E-state index contributed by atoms with van der Waals surface area (Å²) in [4.78, 5) is 11.1. The van der Waals surface area contributed by atoms with E-state index in [1.165, 1.54) is 0 Å². The number of rotatable bonds is 4. The highest BCUT2D eigenvalue weighted by atomic mass is 35.5. The number of alkyl halides is 1. The lowest BCUT2D eigenvalue weighted by atomic mass is 10.0. The van der Waals surface area contributed by atoms with Crippen molar-refractivity contribution in [1.82, 2.24) is 5.32 Å². The SMILES string of the molecule is O=C(CCCl)NCC1CCOCC1. The Balaban J connectivity index is 2.06. The highest BCUT2D eigenvalue weighted by Gasteiger charge is 2.14. The highest BCUT2D eigenvalue weighted by Crippen LogP contribution is 2.12. The zero-order chi connectivity index (χ0) is 9.52. The Kier molecular flexibility index (Phi) is 5.16. The Morgan fingerprint density at radius 3 is 2.77 bits per heavy atom. The van der Waals surface area contributed by atoms with E-state index in [4.69, 9.17) is 16.3 Å². The van der Waals surface area contributed by atoms with E-state index in [1.54, 1.807) is 0 Å². The van der Waals surface area contributed by atoms with Crippen LogP contribution in [-0.4, -0.2) is 31.5 Å². The summed E-state index contributed by atoms with van der Waals surface area (Å²) in [6, 6.07) is 0. The number of amides is 1. The third-order valence-electron chi connectivity index (χ3n) is 2.25. The van der Waals surface area contributed by atoms with E-state index in [2.05, 4.69) is 5.32 Å². The van der Waals surface area contributed by atoms with Crippen LogP contribution in [0.4, 0.5) is 0 Å². The molecule has 1 fully saturated rings. The maximum absolute atomic E-state index is 11.1. The molecule has 0 bridgehead atoms. The van der Waals surface area contributed by atoms with Gasteiger partial charge in [0.1, 0.15) is 0 Å². The van der Waals surface area contributed by atoms with Gasteiger partial charge in [0.25, 0.3) is 0 Å². The molecule has 1 rings (SSSR count). The lowest BCUT2D eigenvalue weighted by molar-refractivity contribution is -0.121. The molecule has 0 atom stereocenters. The van der Waals surface area contributed by atoms with Crippen molar-refractivity contribution in [3.05, 3.63) is 0 Å². The van der Waals surface area contributed by atoms with Crippen molar-refractivity contribution in [2.24, 2.45) is 5.92 Å². The fraction of sp³-hybridized carbons (Fsp3) is 0.889. The molecule has 0 aliphatic carbocycles. The largest absolute Gasteiger partial charge is 0.381 e. The minimum Gasteiger partial charge on any atom is -0.381 e.